The first-order valence-corrected chi connectivity index (χ1v) is 8.55. The number of hydrogen-bond donors (Lipinski definition) is 2. The third-order valence-corrected chi connectivity index (χ3v) is 4.68. The summed E-state index contributed by atoms with van der Waals surface area (Å²) in [6.07, 6.45) is 4.41. The summed E-state index contributed by atoms with van der Waals surface area (Å²) in [5, 5.41) is 7.48. The lowest BCUT2D eigenvalue weighted by atomic mass is 10.3. The molecule has 0 radical (unpaired) electrons. The van der Waals surface area contributed by atoms with E-state index in [2.05, 4.69) is 10.4 Å². The second-order valence-corrected chi connectivity index (χ2v) is 7.31. The molecule has 0 amide bonds. The summed E-state index contributed by atoms with van der Waals surface area (Å²) in [5.74, 6) is 1.27. The fraction of sp³-hybridized carbons (Fsp3) is 0.750. The van der Waals surface area contributed by atoms with Crippen molar-refractivity contribution < 1.29 is 8.42 Å². The van der Waals surface area contributed by atoms with E-state index in [0.29, 0.717) is 11.7 Å². The van der Waals surface area contributed by atoms with Gasteiger partial charge in [-0.15, -0.1) is 0 Å². The number of hydrogen-bond acceptors (Lipinski definition) is 5. The first kappa shape index (κ1) is 14.2. The highest BCUT2D eigenvalue weighted by molar-refractivity contribution is 7.91. The summed E-state index contributed by atoms with van der Waals surface area (Å²) in [4.78, 5) is 0.133. The van der Waals surface area contributed by atoms with Gasteiger partial charge in [0.2, 0.25) is 0 Å². The van der Waals surface area contributed by atoms with Crippen molar-refractivity contribution in [3.05, 3.63) is 0 Å². The molecular formula is C12H22N4O2S. The third-order valence-electron chi connectivity index (χ3n) is 3.54. The molecule has 1 aromatic rings. The molecule has 7 heteroatoms. The molecule has 19 heavy (non-hydrogen) atoms. The Labute approximate surface area is 114 Å². The van der Waals surface area contributed by atoms with E-state index >= 15 is 0 Å². The van der Waals surface area contributed by atoms with Crippen LogP contribution in [0, 0.1) is 5.92 Å². The van der Waals surface area contributed by atoms with Crippen LogP contribution in [0.5, 0.6) is 0 Å². The summed E-state index contributed by atoms with van der Waals surface area (Å²) in [6.45, 7) is 4.75. The van der Waals surface area contributed by atoms with Crippen molar-refractivity contribution in [2.45, 2.75) is 44.0 Å². The van der Waals surface area contributed by atoms with Gasteiger partial charge in [-0.2, -0.15) is 5.10 Å². The average Bonchev–Trinajstić information content (AvgIpc) is 3.08. The van der Waals surface area contributed by atoms with Gasteiger partial charge < -0.3 is 11.1 Å². The van der Waals surface area contributed by atoms with E-state index in [1.54, 1.807) is 4.68 Å². The number of nitrogens with one attached hydrogen (secondary N) is 1. The molecule has 1 heterocycles. The summed E-state index contributed by atoms with van der Waals surface area (Å²) < 4.78 is 25.4. The molecule has 2 rings (SSSR count). The Morgan fingerprint density at radius 3 is 2.63 bits per heavy atom. The summed E-state index contributed by atoms with van der Waals surface area (Å²) in [6, 6.07) is 0.0805. The number of aromatic nitrogens is 2. The van der Waals surface area contributed by atoms with Crippen LogP contribution in [-0.2, 0) is 9.84 Å². The monoisotopic (exact) mass is 286 g/mol. The van der Waals surface area contributed by atoms with E-state index in [0.717, 1.165) is 13.0 Å². The Morgan fingerprint density at radius 2 is 2.16 bits per heavy atom. The standard InChI is InChI=1S/C12H22N4O2S/c1-4-8(2)16-11(13)10(19(3,17)18)12(15-16)14-7-9-5-6-9/h8-9H,4-7,13H2,1-3H3,(H,14,15). The van der Waals surface area contributed by atoms with Gasteiger partial charge in [0.1, 0.15) is 5.82 Å². The predicted octanol–water partition coefficient (Wildman–Crippen LogP) is 1.66. The molecule has 1 unspecified atom stereocenters. The maximum atomic E-state index is 11.9. The van der Waals surface area contributed by atoms with Crippen LogP contribution in [0.15, 0.2) is 4.90 Å². The smallest absolute Gasteiger partial charge is 0.182 e. The average molecular weight is 286 g/mol. The van der Waals surface area contributed by atoms with Crippen molar-refractivity contribution in [2.75, 3.05) is 23.9 Å². The van der Waals surface area contributed by atoms with Crippen molar-refractivity contribution in [1.29, 1.82) is 0 Å². The maximum absolute atomic E-state index is 11.9. The predicted molar refractivity (Wildman–Crippen MR) is 76.0 cm³/mol. The Bertz CT molecular complexity index is 561. The molecule has 0 aromatic carbocycles. The Balaban J connectivity index is 2.38. The molecule has 1 aromatic heterocycles. The van der Waals surface area contributed by atoms with Gasteiger partial charge in [-0.05, 0) is 32.1 Å². The number of rotatable bonds is 6. The molecule has 108 valence electrons. The number of nitrogens with two attached hydrogens (primary N) is 1. The molecule has 1 aliphatic carbocycles. The van der Waals surface area contributed by atoms with Crippen molar-refractivity contribution in [2.24, 2.45) is 5.92 Å². The normalized spacial score (nSPS) is 17.4. The van der Waals surface area contributed by atoms with E-state index in [-0.39, 0.29) is 16.8 Å². The fourth-order valence-electron chi connectivity index (χ4n) is 1.99. The van der Waals surface area contributed by atoms with Crippen LogP contribution in [-0.4, -0.2) is 31.0 Å². The second kappa shape index (κ2) is 5.03. The zero-order valence-corrected chi connectivity index (χ0v) is 12.5. The number of anilines is 2. The zero-order chi connectivity index (χ0) is 14.2. The summed E-state index contributed by atoms with van der Waals surface area (Å²) >= 11 is 0. The van der Waals surface area contributed by atoms with Crippen molar-refractivity contribution in [3.8, 4) is 0 Å². The van der Waals surface area contributed by atoms with Crippen LogP contribution < -0.4 is 11.1 Å². The molecule has 1 fully saturated rings. The Morgan fingerprint density at radius 1 is 1.53 bits per heavy atom. The van der Waals surface area contributed by atoms with Gasteiger partial charge in [-0.3, -0.25) is 0 Å². The van der Waals surface area contributed by atoms with Crippen LogP contribution in [0.3, 0.4) is 0 Å². The molecule has 0 bridgehead atoms. The summed E-state index contributed by atoms with van der Waals surface area (Å²) in [7, 11) is -3.38. The topological polar surface area (TPSA) is 90.0 Å². The van der Waals surface area contributed by atoms with E-state index < -0.39 is 9.84 Å². The van der Waals surface area contributed by atoms with Gasteiger partial charge in [-0.25, -0.2) is 13.1 Å². The highest BCUT2D eigenvalue weighted by atomic mass is 32.2. The zero-order valence-electron chi connectivity index (χ0n) is 11.7. The van der Waals surface area contributed by atoms with Crippen molar-refractivity contribution in [1.82, 2.24) is 9.78 Å². The number of sulfone groups is 1. The minimum Gasteiger partial charge on any atom is -0.383 e. The van der Waals surface area contributed by atoms with Gasteiger partial charge in [-0.1, -0.05) is 6.92 Å². The summed E-state index contributed by atoms with van der Waals surface area (Å²) in [5.41, 5.74) is 5.97. The molecule has 3 N–H and O–H groups in total. The van der Waals surface area contributed by atoms with Crippen LogP contribution in [0.1, 0.15) is 39.2 Å². The minimum atomic E-state index is -3.38. The molecule has 1 saturated carbocycles. The molecule has 0 spiro atoms. The highest BCUT2D eigenvalue weighted by Gasteiger charge is 2.27. The first-order valence-electron chi connectivity index (χ1n) is 6.66. The van der Waals surface area contributed by atoms with Crippen molar-refractivity contribution in [3.63, 3.8) is 0 Å². The molecule has 0 saturated heterocycles. The number of nitrogens with zero attached hydrogens (tertiary/aromatic N) is 2. The quantitative estimate of drug-likeness (QED) is 0.830. The van der Waals surface area contributed by atoms with Crippen LogP contribution >= 0.6 is 0 Å². The molecule has 1 aliphatic rings. The van der Waals surface area contributed by atoms with Gasteiger partial charge in [0.05, 0.1) is 6.04 Å². The van der Waals surface area contributed by atoms with Crippen LogP contribution in [0.25, 0.3) is 0 Å². The van der Waals surface area contributed by atoms with E-state index in [1.165, 1.54) is 19.1 Å². The molecule has 1 atom stereocenters. The first-order chi connectivity index (χ1) is 8.84. The van der Waals surface area contributed by atoms with Crippen LogP contribution in [0.2, 0.25) is 0 Å². The second-order valence-electron chi connectivity index (χ2n) is 5.36. The molecular weight excluding hydrogens is 264 g/mol. The van der Waals surface area contributed by atoms with Gasteiger partial charge in [0.15, 0.2) is 20.6 Å². The van der Waals surface area contributed by atoms with Gasteiger partial charge in [0.25, 0.3) is 0 Å². The SMILES string of the molecule is CCC(C)n1nc(NCC2CC2)c(S(C)(=O)=O)c1N. The Hall–Kier alpha value is -1.24. The lowest BCUT2D eigenvalue weighted by Crippen LogP contribution is -2.10. The molecule has 6 nitrogen and oxygen atoms in total. The van der Waals surface area contributed by atoms with E-state index in [1.807, 2.05) is 13.8 Å². The van der Waals surface area contributed by atoms with E-state index in [9.17, 15) is 8.42 Å². The maximum Gasteiger partial charge on any atom is 0.182 e. The highest BCUT2D eigenvalue weighted by Crippen LogP contribution is 2.33. The fourth-order valence-corrected chi connectivity index (χ4v) is 2.92. The largest absolute Gasteiger partial charge is 0.383 e. The van der Waals surface area contributed by atoms with Crippen LogP contribution in [0.4, 0.5) is 11.6 Å². The van der Waals surface area contributed by atoms with E-state index in [4.69, 9.17) is 5.73 Å². The number of nitrogen functional groups attached to an aromatic ring is 1. The lowest BCUT2D eigenvalue weighted by molar-refractivity contribution is 0.485. The van der Waals surface area contributed by atoms with Gasteiger partial charge >= 0.3 is 0 Å². The van der Waals surface area contributed by atoms with Crippen molar-refractivity contribution >= 4 is 21.5 Å². The van der Waals surface area contributed by atoms with Gasteiger partial charge in [0, 0.05) is 12.8 Å². The molecule has 0 aliphatic heterocycles. The Kier molecular flexibility index (Phi) is 3.75. The lowest BCUT2D eigenvalue weighted by Gasteiger charge is -2.10. The third kappa shape index (κ3) is 3.02. The minimum absolute atomic E-state index is 0.0805.